The van der Waals surface area contributed by atoms with Crippen LogP contribution in [0.4, 0.5) is 35.1 Å². The standard InChI is InChI=1S/C29H26F8O2/c1-2-3-17-4-8-19(9-5-17)29(36,37)39-25-15-13-22(26(32)27(25)33)18-6-10-20(11-7-18)28(34,35)38-21-12-14-23(30)24(31)16-21/h6-7,10-17,19H,2-5,8-9H2,1H3. The van der Waals surface area contributed by atoms with E-state index in [1.807, 2.05) is 6.92 Å². The average Bonchev–Trinajstić information content (AvgIpc) is 2.89. The van der Waals surface area contributed by atoms with Crippen molar-refractivity contribution in [3.8, 4) is 22.6 Å². The van der Waals surface area contributed by atoms with Crippen molar-refractivity contribution in [3.05, 3.63) is 83.4 Å². The molecule has 0 N–H and O–H groups in total. The lowest BCUT2D eigenvalue weighted by Gasteiger charge is -2.33. The van der Waals surface area contributed by atoms with Crippen molar-refractivity contribution in [2.75, 3.05) is 0 Å². The van der Waals surface area contributed by atoms with E-state index in [1.165, 1.54) is 0 Å². The summed E-state index contributed by atoms with van der Waals surface area (Å²) in [7, 11) is 0. The summed E-state index contributed by atoms with van der Waals surface area (Å²) in [6, 6.07) is 7.66. The minimum atomic E-state index is -3.97. The van der Waals surface area contributed by atoms with Gasteiger partial charge in [0.05, 0.1) is 11.5 Å². The van der Waals surface area contributed by atoms with E-state index in [0.717, 1.165) is 55.3 Å². The third-order valence-corrected chi connectivity index (χ3v) is 6.98. The minimum Gasteiger partial charge on any atom is -0.429 e. The van der Waals surface area contributed by atoms with E-state index in [4.69, 9.17) is 0 Å². The van der Waals surface area contributed by atoms with Gasteiger partial charge in [-0.15, -0.1) is 0 Å². The maximum atomic E-state index is 14.9. The number of ether oxygens (including phenoxy) is 2. The van der Waals surface area contributed by atoms with Crippen LogP contribution in [0.3, 0.4) is 0 Å². The van der Waals surface area contributed by atoms with E-state index < -0.39 is 58.5 Å². The molecule has 0 saturated heterocycles. The van der Waals surface area contributed by atoms with Gasteiger partial charge in [-0.3, -0.25) is 0 Å². The second-order valence-electron chi connectivity index (χ2n) is 9.68. The predicted octanol–water partition coefficient (Wildman–Crippen LogP) is 9.62. The van der Waals surface area contributed by atoms with Gasteiger partial charge in [0.15, 0.2) is 23.2 Å². The van der Waals surface area contributed by atoms with Gasteiger partial charge in [0.2, 0.25) is 5.82 Å². The average molecular weight is 559 g/mol. The van der Waals surface area contributed by atoms with Crippen LogP contribution in [0.1, 0.15) is 51.0 Å². The Kier molecular flexibility index (Phi) is 8.42. The number of alkyl halides is 4. The van der Waals surface area contributed by atoms with Crippen LogP contribution in [0.2, 0.25) is 0 Å². The second-order valence-corrected chi connectivity index (χ2v) is 9.68. The van der Waals surface area contributed by atoms with Crippen LogP contribution in [0.15, 0.2) is 54.6 Å². The van der Waals surface area contributed by atoms with E-state index >= 15 is 0 Å². The highest BCUT2D eigenvalue weighted by molar-refractivity contribution is 5.65. The van der Waals surface area contributed by atoms with Crippen LogP contribution in [-0.4, -0.2) is 6.11 Å². The Labute approximate surface area is 220 Å². The van der Waals surface area contributed by atoms with Crippen LogP contribution in [-0.2, 0) is 6.11 Å². The van der Waals surface area contributed by atoms with Crippen molar-refractivity contribution in [1.82, 2.24) is 0 Å². The van der Waals surface area contributed by atoms with E-state index in [-0.39, 0.29) is 24.0 Å². The molecule has 3 aromatic carbocycles. The Morgan fingerprint density at radius 1 is 0.744 bits per heavy atom. The van der Waals surface area contributed by atoms with Crippen LogP contribution in [0.25, 0.3) is 11.1 Å². The number of hydrogen-bond acceptors (Lipinski definition) is 2. The number of hydrogen-bond donors (Lipinski definition) is 0. The third-order valence-electron chi connectivity index (χ3n) is 6.98. The fourth-order valence-corrected chi connectivity index (χ4v) is 4.85. The predicted molar refractivity (Wildman–Crippen MR) is 129 cm³/mol. The molecule has 0 aliphatic heterocycles. The quantitative estimate of drug-likeness (QED) is 0.244. The fourth-order valence-electron chi connectivity index (χ4n) is 4.85. The van der Waals surface area contributed by atoms with Crippen molar-refractivity contribution in [3.63, 3.8) is 0 Å². The summed E-state index contributed by atoms with van der Waals surface area (Å²) in [5.74, 6) is -8.03. The summed E-state index contributed by atoms with van der Waals surface area (Å²) >= 11 is 0. The lowest BCUT2D eigenvalue weighted by atomic mass is 9.79. The first kappa shape index (κ1) is 28.7. The van der Waals surface area contributed by atoms with Crippen LogP contribution in [0.5, 0.6) is 11.5 Å². The Bertz CT molecular complexity index is 1290. The summed E-state index contributed by atoms with van der Waals surface area (Å²) in [5.41, 5.74) is -1.09. The highest BCUT2D eigenvalue weighted by atomic mass is 19.3. The Hall–Kier alpha value is -3.30. The lowest BCUT2D eigenvalue weighted by Crippen LogP contribution is -2.37. The van der Waals surface area contributed by atoms with Gasteiger partial charge in [0.25, 0.3) is 0 Å². The first-order chi connectivity index (χ1) is 18.4. The summed E-state index contributed by atoms with van der Waals surface area (Å²) in [6.07, 6.45) is -4.05. The monoisotopic (exact) mass is 558 g/mol. The van der Waals surface area contributed by atoms with E-state index in [0.29, 0.717) is 30.9 Å². The highest BCUT2D eigenvalue weighted by Gasteiger charge is 2.44. The summed E-state index contributed by atoms with van der Waals surface area (Å²) in [6.45, 7) is 2.03. The van der Waals surface area contributed by atoms with Crippen LogP contribution in [0, 0.1) is 35.1 Å². The minimum absolute atomic E-state index is 0.0219. The molecule has 0 atom stereocenters. The molecule has 0 heterocycles. The maximum Gasteiger partial charge on any atom is 0.426 e. The smallest absolute Gasteiger partial charge is 0.426 e. The molecule has 1 fully saturated rings. The molecule has 1 aliphatic carbocycles. The van der Waals surface area contributed by atoms with Gasteiger partial charge in [0, 0.05) is 11.6 Å². The first-order valence-electron chi connectivity index (χ1n) is 12.6. The van der Waals surface area contributed by atoms with Gasteiger partial charge in [-0.25, -0.2) is 13.2 Å². The molecular formula is C29H26F8O2. The number of halogens is 8. The molecule has 4 rings (SSSR count). The molecule has 3 aromatic rings. The molecule has 1 aliphatic rings. The molecule has 0 amide bonds. The summed E-state index contributed by atoms with van der Waals surface area (Å²) in [4.78, 5) is 0. The Morgan fingerprint density at radius 2 is 1.41 bits per heavy atom. The molecule has 0 radical (unpaired) electrons. The normalized spacial score (nSPS) is 18.2. The largest absolute Gasteiger partial charge is 0.429 e. The summed E-state index contributed by atoms with van der Waals surface area (Å²) < 4.78 is 124. The van der Waals surface area contributed by atoms with E-state index in [2.05, 4.69) is 9.47 Å². The molecule has 0 aromatic heterocycles. The fraction of sp³-hybridized carbons (Fsp3) is 0.379. The molecule has 10 heteroatoms. The van der Waals surface area contributed by atoms with Crippen LogP contribution < -0.4 is 9.47 Å². The topological polar surface area (TPSA) is 18.5 Å². The zero-order chi connectivity index (χ0) is 28.4. The number of benzene rings is 3. The molecule has 210 valence electrons. The molecule has 1 saturated carbocycles. The Balaban J connectivity index is 1.47. The Morgan fingerprint density at radius 3 is 2.03 bits per heavy atom. The lowest BCUT2D eigenvalue weighted by molar-refractivity contribution is -0.224. The molecule has 0 unspecified atom stereocenters. The van der Waals surface area contributed by atoms with Gasteiger partial charge in [-0.1, -0.05) is 31.9 Å². The van der Waals surface area contributed by atoms with Crippen molar-refractivity contribution < 1.29 is 44.6 Å². The SMILES string of the molecule is CCCC1CCC(C(F)(F)Oc2ccc(-c3ccc(C(F)(F)Oc4ccc(F)c(F)c4)cc3)c(F)c2F)CC1. The molecular weight excluding hydrogens is 532 g/mol. The van der Waals surface area contributed by atoms with Gasteiger partial charge >= 0.3 is 12.2 Å². The molecule has 39 heavy (non-hydrogen) atoms. The number of rotatable bonds is 9. The van der Waals surface area contributed by atoms with E-state index in [1.54, 1.807) is 0 Å². The molecule has 2 nitrogen and oxygen atoms in total. The van der Waals surface area contributed by atoms with Gasteiger partial charge in [-0.2, -0.15) is 22.0 Å². The first-order valence-corrected chi connectivity index (χ1v) is 12.6. The zero-order valence-corrected chi connectivity index (χ0v) is 20.9. The molecule has 0 bridgehead atoms. The van der Waals surface area contributed by atoms with Crippen molar-refractivity contribution in [1.29, 1.82) is 0 Å². The van der Waals surface area contributed by atoms with Crippen LogP contribution >= 0.6 is 0 Å². The van der Waals surface area contributed by atoms with Crippen molar-refractivity contribution in [2.24, 2.45) is 11.8 Å². The third kappa shape index (κ3) is 6.47. The summed E-state index contributed by atoms with van der Waals surface area (Å²) in [5, 5.41) is 0. The zero-order valence-electron chi connectivity index (χ0n) is 20.9. The second kappa shape index (κ2) is 11.4. The van der Waals surface area contributed by atoms with Gasteiger partial charge in [0.1, 0.15) is 5.75 Å². The maximum absolute atomic E-state index is 14.9. The van der Waals surface area contributed by atoms with Crippen molar-refractivity contribution >= 4 is 0 Å². The van der Waals surface area contributed by atoms with Gasteiger partial charge in [-0.05, 0) is 73.6 Å². The molecule has 0 spiro atoms. The van der Waals surface area contributed by atoms with Crippen molar-refractivity contribution in [2.45, 2.75) is 57.7 Å². The highest BCUT2D eigenvalue weighted by Crippen LogP contribution is 2.42. The van der Waals surface area contributed by atoms with E-state index in [9.17, 15) is 35.1 Å². The van der Waals surface area contributed by atoms with Gasteiger partial charge < -0.3 is 9.47 Å².